The van der Waals surface area contributed by atoms with Gasteiger partial charge in [0.15, 0.2) is 0 Å². The van der Waals surface area contributed by atoms with E-state index in [1.807, 2.05) is 11.8 Å². The fourth-order valence-corrected chi connectivity index (χ4v) is 3.70. The predicted molar refractivity (Wildman–Crippen MR) is 92.1 cm³/mol. The molecule has 21 heavy (non-hydrogen) atoms. The van der Waals surface area contributed by atoms with Crippen LogP contribution in [0.25, 0.3) is 0 Å². The number of hydrogen-bond acceptors (Lipinski definition) is 4. The van der Waals surface area contributed by atoms with Crippen LogP contribution in [-0.4, -0.2) is 41.4 Å². The highest BCUT2D eigenvalue weighted by Gasteiger charge is 2.19. The van der Waals surface area contributed by atoms with Crippen LogP contribution in [0.4, 0.5) is 11.4 Å². The number of benzene rings is 1. The molecule has 3 N–H and O–H groups in total. The van der Waals surface area contributed by atoms with E-state index in [2.05, 4.69) is 17.1 Å². The molecule has 1 aromatic carbocycles. The topological polar surface area (TPSA) is 58.4 Å². The van der Waals surface area contributed by atoms with E-state index in [0.717, 1.165) is 25.4 Å². The second-order valence-corrected chi connectivity index (χ2v) is 7.05. The third-order valence-electron chi connectivity index (χ3n) is 3.61. The number of thioether (sulfide) groups is 1. The van der Waals surface area contributed by atoms with Crippen LogP contribution in [-0.2, 0) is 4.79 Å². The zero-order valence-corrected chi connectivity index (χ0v) is 13.8. The fraction of sp³-hybridized carbons (Fsp3) is 0.533. The molecule has 1 aromatic rings. The minimum Gasteiger partial charge on any atom is -0.397 e. The summed E-state index contributed by atoms with van der Waals surface area (Å²) in [5.74, 6) is 1.18. The molecule has 1 heterocycles. The fourth-order valence-electron chi connectivity index (χ4n) is 2.34. The van der Waals surface area contributed by atoms with Crippen LogP contribution >= 0.6 is 23.4 Å². The highest BCUT2D eigenvalue weighted by atomic mass is 35.5. The van der Waals surface area contributed by atoms with E-state index in [1.165, 1.54) is 6.42 Å². The van der Waals surface area contributed by atoms with Gasteiger partial charge in [-0.25, -0.2) is 0 Å². The van der Waals surface area contributed by atoms with Crippen LogP contribution < -0.4 is 11.1 Å². The average molecular weight is 328 g/mol. The lowest BCUT2D eigenvalue weighted by atomic mass is 10.2. The molecule has 0 bridgehead atoms. The number of halogens is 1. The Morgan fingerprint density at radius 2 is 2.38 bits per heavy atom. The minimum absolute atomic E-state index is 0.0167. The molecule has 1 unspecified atom stereocenters. The minimum atomic E-state index is 0.0167. The van der Waals surface area contributed by atoms with E-state index >= 15 is 0 Å². The first-order valence-corrected chi connectivity index (χ1v) is 8.70. The monoisotopic (exact) mass is 327 g/mol. The summed E-state index contributed by atoms with van der Waals surface area (Å²) in [6, 6.07) is 5.15. The molecule has 1 aliphatic rings. The number of carbonyl (C=O) groups is 1. The Labute approximate surface area is 135 Å². The van der Waals surface area contributed by atoms with Gasteiger partial charge in [0, 0.05) is 42.7 Å². The molecule has 1 fully saturated rings. The number of nitrogens with zero attached hydrogens (tertiary/aromatic N) is 1. The van der Waals surface area contributed by atoms with Gasteiger partial charge in [-0.05, 0) is 24.6 Å². The predicted octanol–water partition coefficient (Wildman–Crippen LogP) is 3.08. The van der Waals surface area contributed by atoms with E-state index in [1.54, 1.807) is 18.2 Å². The molecule has 0 saturated carbocycles. The first-order chi connectivity index (χ1) is 10.1. The van der Waals surface area contributed by atoms with Crippen LogP contribution in [0.3, 0.4) is 0 Å². The van der Waals surface area contributed by atoms with E-state index in [-0.39, 0.29) is 5.91 Å². The van der Waals surface area contributed by atoms with Crippen molar-refractivity contribution in [3.05, 3.63) is 23.2 Å². The number of hydrogen-bond donors (Lipinski definition) is 2. The lowest BCUT2D eigenvalue weighted by Gasteiger charge is -2.31. The van der Waals surface area contributed by atoms with Gasteiger partial charge in [0.25, 0.3) is 0 Å². The van der Waals surface area contributed by atoms with Crippen molar-refractivity contribution >= 4 is 40.6 Å². The summed E-state index contributed by atoms with van der Waals surface area (Å²) in [5, 5.41) is 4.08. The molecule has 0 aliphatic carbocycles. The number of anilines is 2. The van der Waals surface area contributed by atoms with Gasteiger partial charge in [-0.3, -0.25) is 4.79 Å². The van der Waals surface area contributed by atoms with Crippen LogP contribution in [0.1, 0.15) is 19.8 Å². The van der Waals surface area contributed by atoms with Gasteiger partial charge in [-0.2, -0.15) is 11.8 Å². The molecule has 0 aromatic heterocycles. The van der Waals surface area contributed by atoms with Crippen molar-refractivity contribution in [1.29, 1.82) is 0 Å². The molecule has 1 amide bonds. The maximum atomic E-state index is 12.0. The third-order valence-corrected chi connectivity index (χ3v) is 5.33. The van der Waals surface area contributed by atoms with Gasteiger partial charge < -0.3 is 16.0 Å². The Balaban J connectivity index is 1.78. The van der Waals surface area contributed by atoms with Crippen molar-refractivity contribution < 1.29 is 4.79 Å². The summed E-state index contributed by atoms with van der Waals surface area (Å²) in [6.07, 6.45) is 1.70. The molecule has 116 valence electrons. The third kappa shape index (κ3) is 5.09. The number of amides is 1. The molecule has 0 radical (unpaired) electrons. The Morgan fingerprint density at radius 3 is 3.10 bits per heavy atom. The number of nitrogens with two attached hydrogens (primary N) is 1. The molecule has 0 spiro atoms. The van der Waals surface area contributed by atoms with Crippen molar-refractivity contribution in [2.75, 3.05) is 36.4 Å². The summed E-state index contributed by atoms with van der Waals surface area (Å²) in [4.78, 5) is 14.4. The first kappa shape index (κ1) is 16.5. The van der Waals surface area contributed by atoms with Crippen molar-refractivity contribution in [3.63, 3.8) is 0 Å². The van der Waals surface area contributed by atoms with Gasteiger partial charge >= 0.3 is 0 Å². The lowest BCUT2D eigenvalue weighted by molar-refractivity contribution is -0.116. The van der Waals surface area contributed by atoms with Crippen molar-refractivity contribution in [2.45, 2.75) is 25.0 Å². The number of carbonyl (C=O) groups excluding carboxylic acids is 1. The number of nitrogens with one attached hydrogen (secondary N) is 1. The Morgan fingerprint density at radius 1 is 1.57 bits per heavy atom. The average Bonchev–Trinajstić information content (AvgIpc) is 2.49. The van der Waals surface area contributed by atoms with E-state index in [4.69, 9.17) is 17.3 Å². The van der Waals surface area contributed by atoms with Crippen molar-refractivity contribution in [3.8, 4) is 0 Å². The maximum Gasteiger partial charge on any atom is 0.225 e. The molecule has 1 aliphatic heterocycles. The van der Waals surface area contributed by atoms with Gasteiger partial charge in [0.1, 0.15) is 0 Å². The zero-order valence-electron chi connectivity index (χ0n) is 12.3. The lowest BCUT2D eigenvalue weighted by Crippen LogP contribution is -2.39. The largest absolute Gasteiger partial charge is 0.397 e. The first-order valence-electron chi connectivity index (χ1n) is 7.27. The molecule has 2 rings (SSSR count). The molecule has 1 atom stereocenters. The normalized spacial score (nSPS) is 19.4. The second-order valence-electron chi connectivity index (χ2n) is 5.24. The summed E-state index contributed by atoms with van der Waals surface area (Å²) in [5.41, 5.74) is 6.90. The van der Waals surface area contributed by atoms with Gasteiger partial charge in [0.2, 0.25) is 5.91 Å². The Hall–Kier alpha value is -0.910. The van der Waals surface area contributed by atoms with Crippen molar-refractivity contribution in [2.24, 2.45) is 0 Å². The van der Waals surface area contributed by atoms with Crippen LogP contribution in [0.2, 0.25) is 5.02 Å². The molecule has 1 saturated heterocycles. The Bertz CT molecular complexity index is 498. The molecular weight excluding hydrogens is 306 g/mol. The number of rotatable bonds is 5. The second kappa shape index (κ2) is 7.92. The van der Waals surface area contributed by atoms with Gasteiger partial charge in [-0.15, -0.1) is 0 Å². The highest BCUT2D eigenvalue weighted by molar-refractivity contribution is 8.00. The van der Waals surface area contributed by atoms with Gasteiger partial charge in [-0.1, -0.05) is 18.5 Å². The van der Waals surface area contributed by atoms with Gasteiger partial charge in [0.05, 0.1) is 10.7 Å². The standard InChI is InChI=1S/C15H22ClN3OS/c1-2-12-10-19(7-8-21-12)6-5-15(20)18-11-3-4-13(16)14(17)9-11/h3-4,9,12H,2,5-8,10,17H2,1H3,(H,18,20). The maximum absolute atomic E-state index is 12.0. The Kier molecular flexibility index (Phi) is 6.21. The van der Waals surface area contributed by atoms with Crippen LogP contribution in [0, 0.1) is 0 Å². The number of nitrogen functional groups attached to an aromatic ring is 1. The van der Waals surface area contributed by atoms with E-state index in [0.29, 0.717) is 28.1 Å². The summed E-state index contributed by atoms with van der Waals surface area (Å²) in [7, 11) is 0. The van der Waals surface area contributed by atoms with E-state index in [9.17, 15) is 4.79 Å². The quantitative estimate of drug-likeness (QED) is 0.816. The summed E-state index contributed by atoms with van der Waals surface area (Å²) in [6.45, 7) is 5.19. The SMILES string of the molecule is CCC1CN(CCC(=O)Nc2ccc(Cl)c(N)c2)CCS1. The van der Waals surface area contributed by atoms with Crippen molar-refractivity contribution in [1.82, 2.24) is 4.90 Å². The molecule has 4 nitrogen and oxygen atoms in total. The molecule has 6 heteroatoms. The summed E-state index contributed by atoms with van der Waals surface area (Å²) >= 11 is 7.90. The van der Waals surface area contributed by atoms with Crippen LogP contribution in [0.15, 0.2) is 18.2 Å². The highest BCUT2D eigenvalue weighted by Crippen LogP contribution is 2.23. The smallest absolute Gasteiger partial charge is 0.225 e. The molecular formula is C15H22ClN3OS. The summed E-state index contributed by atoms with van der Waals surface area (Å²) < 4.78 is 0. The van der Waals surface area contributed by atoms with Crippen LogP contribution in [0.5, 0.6) is 0 Å². The zero-order chi connectivity index (χ0) is 15.2. The van der Waals surface area contributed by atoms with E-state index < -0.39 is 0 Å².